The van der Waals surface area contributed by atoms with E-state index in [1.807, 2.05) is 6.92 Å². The van der Waals surface area contributed by atoms with Crippen LogP contribution in [0.4, 0.5) is 0 Å². The quantitative estimate of drug-likeness (QED) is 0.0256. The van der Waals surface area contributed by atoms with Crippen molar-refractivity contribution >= 4 is 53.4 Å². The molecule has 0 saturated heterocycles. The summed E-state index contributed by atoms with van der Waals surface area (Å²) in [6.07, 6.45) is 29.6. The second kappa shape index (κ2) is 57.5. The molecule has 0 atom stereocenters. The van der Waals surface area contributed by atoms with Gasteiger partial charge in [0.05, 0.1) is 39.6 Å². The van der Waals surface area contributed by atoms with Crippen molar-refractivity contribution < 1.29 is 72.7 Å². The summed E-state index contributed by atoms with van der Waals surface area (Å²) in [5.74, 6) is -2.40. The molecule has 21 nitrogen and oxygen atoms in total. The van der Waals surface area contributed by atoms with Crippen molar-refractivity contribution in [2.75, 3.05) is 78.9 Å². The third-order valence-corrected chi connectivity index (χ3v) is 14.1. The zero-order chi connectivity index (χ0) is 61.1. The number of carboxylic acid groups (broad SMARTS) is 3. The molecule has 0 rings (SSSR count). The fourth-order valence-corrected chi connectivity index (χ4v) is 9.09. The summed E-state index contributed by atoms with van der Waals surface area (Å²) in [5, 5.41) is 43.9. The van der Waals surface area contributed by atoms with Gasteiger partial charge in [-0.05, 0) is 77.0 Å². The Balaban J connectivity index is 4.50. The highest BCUT2D eigenvalue weighted by Crippen LogP contribution is 2.19. The van der Waals surface area contributed by atoms with E-state index in [-0.39, 0.29) is 114 Å². The van der Waals surface area contributed by atoms with Crippen LogP contribution in [-0.2, 0) is 57.4 Å². The van der Waals surface area contributed by atoms with E-state index < -0.39 is 23.3 Å². The van der Waals surface area contributed by atoms with Crippen LogP contribution in [0.25, 0.3) is 0 Å². The van der Waals surface area contributed by atoms with E-state index in [9.17, 15) is 43.2 Å². The summed E-state index contributed by atoms with van der Waals surface area (Å²) >= 11 is 0. The predicted molar refractivity (Wildman–Crippen MR) is 322 cm³/mol. The molecular formula is C62H114N6O15. The van der Waals surface area contributed by atoms with Crippen molar-refractivity contribution in [1.29, 1.82) is 0 Å². The maximum atomic E-state index is 12.6. The number of carbonyl (C=O) groups excluding carboxylic acids is 6. The third kappa shape index (κ3) is 60.1. The van der Waals surface area contributed by atoms with Gasteiger partial charge in [-0.3, -0.25) is 43.2 Å². The molecule has 0 aliphatic carbocycles. The monoisotopic (exact) mass is 1180 g/mol. The maximum absolute atomic E-state index is 12.6. The van der Waals surface area contributed by atoms with Crippen LogP contribution in [0.2, 0.25) is 0 Å². The lowest BCUT2D eigenvalue weighted by molar-refractivity contribution is -0.138. The molecule has 0 fully saturated rings. The molecule has 6 amide bonds. The molecule has 482 valence electrons. The van der Waals surface area contributed by atoms with Crippen molar-refractivity contribution in [2.24, 2.45) is 5.41 Å². The van der Waals surface area contributed by atoms with Crippen molar-refractivity contribution in [1.82, 2.24) is 31.9 Å². The van der Waals surface area contributed by atoms with E-state index in [0.29, 0.717) is 77.8 Å². The van der Waals surface area contributed by atoms with Crippen molar-refractivity contribution in [3.05, 3.63) is 0 Å². The molecule has 0 saturated carbocycles. The molecule has 83 heavy (non-hydrogen) atoms. The van der Waals surface area contributed by atoms with Gasteiger partial charge >= 0.3 is 17.9 Å². The van der Waals surface area contributed by atoms with Crippen molar-refractivity contribution in [3.63, 3.8) is 0 Å². The van der Waals surface area contributed by atoms with Gasteiger partial charge in [-0.2, -0.15) is 0 Å². The zero-order valence-electron chi connectivity index (χ0n) is 51.3. The molecule has 0 aromatic carbocycles. The number of amides is 6. The molecule has 0 aliphatic heterocycles. The molecule has 0 unspecified atom stereocenters. The van der Waals surface area contributed by atoms with Gasteiger partial charge in [-0.1, -0.05) is 122 Å². The summed E-state index contributed by atoms with van der Waals surface area (Å²) in [7, 11) is 0. The molecule has 0 aromatic rings. The Morgan fingerprint density at radius 1 is 0.253 bits per heavy atom. The molecule has 0 heterocycles. The van der Waals surface area contributed by atoms with Gasteiger partial charge < -0.3 is 61.4 Å². The van der Waals surface area contributed by atoms with Crippen LogP contribution in [0.15, 0.2) is 0 Å². The van der Waals surface area contributed by atoms with E-state index in [0.717, 1.165) is 173 Å². The average molecular weight is 1180 g/mol. The van der Waals surface area contributed by atoms with Gasteiger partial charge in [0.2, 0.25) is 35.4 Å². The molecule has 9 N–H and O–H groups in total. The highest BCUT2D eigenvalue weighted by molar-refractivity contribution is 5.77. The summed E-state index contributed by atoms with van der Waals surface area (Å²) in [6, 6.07) is 0. The van der Waals surface area contributed by atoms with E-state index in [1.165, 1.54) is 0 Å². The fourth-order valence-electron chi connectivity index (χ4n) is 9.09. The summed E-state index contributed by atoms with van der Waals surface area (Å²) < 4.78 is 17.9. The Morgan fingerprint density at radius 2 is 0.422 bits per heavy atom. The molecule has 0 radical (unpaired) electrons. The number of rotatable bonds is 63. The second-order valence-corrected chi connectivity index (χ2v) is 22.6. The Kier molecular flexibility index (Phi) is 54.1. The highest BCUT2D eigenvalue weighted by Gasteiger charge is 2.26. The number of aliphatic carboxylic acids is 3. The van der Waals surface area contributed by atoms with Crippen LogP contribution in [0.1, 0.15) is 257 Å². The standard InChI is InChI=1S/C62H114N6O15/c1-62(50-81-47-38-56(72)66-44-29-14-2-8-20-32-53(69)63-41-26-17-5-11-23-35-59(75)76,51-82-48-39-57(73)67-45-30-15-3-9-21-33-54(70)64-42-27-18-6-12-24-36-60(77)78)52-83-49-40-58(74)68-46-31-16-4-10-22-34-55(71)65-43-28-19-7-13-25-37-61(79)80/h2-52H2,1H3,(H,63,69)(H,64,70)(H,65,71)(H,66,72)(H,67,73)(H,68,74)(H,75,76)(H,77,78)(H,79,80). The minimum Gasteiger partial charge on any atom is -0.481 e. The normalized spacial score (nSPS) is 11.2. The Bertz CT molecular complexity index is 1520. The van der Waals surface area contributed by atoms with E-state index in [2.05, 4.69) is 31.9 Å². The lowest BCUT2D eigenvalue weighted by atomic mass is 9.94. The van der Waals surface area contributed by atoms with Gasteiger partial charge in [0.1, 0.15) is 0 Å². The van der Waals surface area contributed by atoms with Gasteiger partial charge in [0.25, 0.3) is 0 Å². The molecular weight excluding hydrogens is 1070 g/mol. The first-order valence-electron chi connectivity index (χ1n) is 32.1. The third-order valence-electron chi connectivity index (χ3n) is 14.1. The summed E-state index contributed by atoms with van der Waals surface area (Å²) in [6.45, 7) is 6.90. The maximum Gasteiger partial charge on any atom is 0.303 e. The van der Waals surface area contributed by atoms with Gasteiger partial charge in [-0.25, -0.2) is 0 Å². The Morgan fingerprint density at radius 3 is 0.627 bits per heavy atom. The first-order chi connectivity index (χ1) is 40.1. The van der Waals surface area contributed by atoms with Crippen LogP contribution in [0, 0.1) is 5.41 Å². The smallest absolute Gasteiger partial charge is 0.303 e. The van der Waals surface area contributed by atoms with Crippen molar-refractivity contribution in [2.45, 2.75) is 257 Å². The topological polar surface area (TPSA) is 314 Å². The number of hydrogen-bond donors (Lipinski definition) is 9. The minimum absolute atomic E-state index is 0.0621. The fraction of sp³-hybridized carbons (Fsp3) is 0.855. The lowest BCUT2D eigenvalue weighted by Gasteiger charge is -2.29. The molecule has 0 bridgehead atoms. The number of carbonyl (C=O) groups is 9. The van der Waals surface area contributed by atoms with Crippen LogP contribution in [-0.4, -0.2) is 148 Å². The number of ether oxygens (including phenoxy) is 3. The Labute approximate surface area is 497 Å². The predicted octanol–water partition coefficient (Wildman–Crippen LogP) is 9.21. The summed E-state index contributed by atoms with van der Waals surface area (Å²) in [5.41, 5.74) is -0.617. The number of carboxylic acids is 3. The van der Waals surface area contributed by atoms with Gasteiger partial charge in [0, 0.05) is 102 Å². The first kappa shape index (κ1) is 78.1. The van der Waals surface area contributed by atoms with Crippen LogP contribution < -0.4 is 31.9 Å². The Hall–Kier alpha value is -4.89. The number of unbranched alkanes of at least 4 members (excludes halogenated alkanes) is 24. The molecule has 21 heteroatoms. The zero-order valence-corrected chi connectivity index (χ0v) is 51.3. The van der Waals surface area contributed by atoms with Crippen molar-refractivity contribution in [3.8, 4) is 0 Å². The van der Waals surface area contributed by atoms with Crippen LogP contribution in [0.3, 0.4) is 0 Å². The second-order valence-electron chi connectivity index (χ2n) is 22.6. The number of nitrogens with one attached hydrogen (secondary N) is 6. The van der Waals surface area contributed by atoms with Crippen LogP contribution in [0.5, 0.6) is 0 Å². The molecule has 0 spiro atoms. The van der Waals surface area contributed by atoms with Crippen LogP contribution >= 0.6 is 0 Å². The first-order valence-corrected chi connectivity index (χ1v) is 32.1. The minimum atomic E-state index is -0.759. The largest absolute Gasteiger partial charge is 0.481 e. The lowest BCUT2D eigenvalue weighted by Crippen LogP contribution is -2.36. The van der Waals surface area contributed by atoms with Gasteiger partial charge in [-0.15, -0.1) is 0 Å². The van der Waals surface area contributed by atoms with E-state index in [1.54, 1.807) is 0 Å². The van der Waals surface area contributed by atoms with E-state index >= 15 is 0 Å². The summed E-state index contributed by atoms with van der Waals surface area (Å²) in [4.78, 5) is 106. The SMILES string of the molecule is CC(COCCC(=O)NCCCCCCCC(=O)NCCCCCCCC(=O)O)(COCCC(=O)NCCCCCCCC(=O)NCCCCCCCC(=O)O)COCCC(=O)NCCCCCCCC(=O)NCCCCCCCC(=O)O. The average Bonchev–Trinajstić information content (AvgIpc) is 3.44. The van der Waals surface area contributed by atoms with Gasteiger partial charge in [0.15, 0.2) is 0 Å². The molecule has 0 aromatic heterocycles. The number of hydrogen-bond acceptors (Lipinski definition) is 12. The van der Waals surface area contributed by atoms with E-state index in [4.69, 9.17) is 29.5 Å². The highest BCUT2D eigenvalue weighted by atomic mass is 16.5. The molecule has 0 aliphatic rings.